The zero-order valence-electron chi connectivity index (χ0n) is 9.91. The number of hydrogen-bond donors (Lipinski definition) is 1. The van der Waals surface area contributed by atoms with Crippen LogP contribution in [-0.4, -0.2) is 11.5 Å². The second-order valence-corrected chi connectivity index (χ2v) is 4.02. The van der Waals surface area contributed by atoms with E-state index in [1.807, 2.05) is 60.8 Å². The van der Waals surface area contributed by atoms with Gasteiger partial charge in [-0.05, 0) is 24.3 Å². The van der Waals surface area contributed by atoms with Crippen LogP contribution < -0.4 is 10.2 Å². The number of nitrogens with one attached hydrogen (secondary N) is 1. The second kappa shape index (κ2) is 4.84. The lowest BCUT2D eigenvalue weighted by molar-refractivity contribution is 0.137. The third-order valence-electron chi connectivity index (χ3n) is 2.82. The van der Waals surface area contributed by atoms with Gasteiger partial charge in [-0.15, -0.1) is 0 Å². The first-order chi connectivity index (χ1) is 8.93. The molecule has 0 aliphatic rings. The number of aromatic nitrogens is 1. The second-order valence-electron chi connectivity index (χ2n) is 4.02. The van der Waals surface area contributed by atoms with E-state index in [0.717, 1.165) is 11.2 Å². The molecule has 0 saturated carbocycles. The van der Waals surface area contributed by atoms with Crippen molar-refractivity contribution < 1.29 is 4.84 Å². The molecule has 90 valence electrons. The minimum atomic E-state index is 0.433. The van der Waals surface area contributed by atoms with Crippen molar-refractivity contribution in [2.45, 2.75) is 0 Å². The maximum absolute atomic E-state index is 5.67. The maximum Gasteiger partial charge on any atom is 0.185 e. The molecule has 0 spiro atoms. The molecule has 0 amide bonds. The van der Waals surface area contributed by atoms with Crippen molar-refractivity contribution in [3.8, 4) is 0 Å². The molecule has 0 radical (unpaired) electrons. The first-order valence-electron chi connectivity index (χ1n) is 5.92. The first-order valence-corrected chi connectivity index (χ1v) is 5.92. The number of benzene rings is 2. The predicted octanol–water partition coefficient (Wildman–Crippen LogP) is 3.14. The molecule has 0 bridgehead atoms. The van der Waals surface area contributed by atoms with Crippen LogP contribution in [0.2, 0.25) is 0 Å². The van der Waals surface area contributed by atoms with Gasteiger partial charge < -0.3 is 10.2 Å². The molecule has 3 heteroatoms. The lowest BCUT2D eigenvalue weighted by atomic mass is 10.3. The lowest BCUT2D eigenvalue weighted by Gasteiger charge is -2.10. The Hall–Kier alpha value is -2.42. The van der Waals surface area contributed by atoms with Gasteiger partial charge in [0.1, 0.15) is 0 Å². The Labute approximate surface area is 106 Å². The smallest absolute Gasteiger partial charge is 0.185 e. The van der Waals surface area contributed by atoms with Gasteiger partial charge in [-0.2, -0.15) is 4.73 Å². The van der Waals surface area contributed by atoms with Crippen LogP contribution in [0.15, 0.2) is 66.9 Å². The minimum absolute atomic E-state index is 0.433. The molecule has 0 atom stereocenters. The Morgan fingerprint density at radius 1 is 0.889 bits per heavy atom. The van der Waals surface area contributed by atoms with Gasteiger partial charge in [-0.3, -0.25) is 0 Å². The zero-order chi connectivity index (χ0) is 12.2. The summed E-state index contributed by atoms with van der Waals surface area (Å²) in [6.07, 6.45) is 1.93. The van der Waals surface area contributed by atoms with E-state index in [4.69, 9.17) is 4.84 Å². The summed E-state index contributed by atoms with van der Waals surface area (Å²) in [5.41, 5.74) is 2.13. The molecule has 3 nitrogen and oxygen atoms in total. The third-order valence-corrected chi connectivity index (χ3v) is 2.82. The van der Waals surface area contributed by atoms with E-state index in [2.05, 4.69) is 11.4 Å². The highest BCUT2D eigenvalue weighted by atomic mass is 16.7. The Kier molecular flexibility index (Phi) is 2.88. The summed E-state index contributed by atoms with van der Waals surface area (Å²) in [6, 6.07) is 20.2. The first kappa shape index (κ1) is 10.7. The van der Waals surface area contributed by atoms with E-state index in [9.17, 15) is 0 Å². The van der Waals surface area contributed by atoms with Gasteiger partial charge in [0.2, 0.25) is 0 Å². The molecule has 0 saturated heterocycles. The number of nitrogens with zero attached hydrogens (tertiary/aromatic N) is 1. The van der Waals surface area contributed by atoms with Gasteiger partial charge in [0.25, 0.3) is 0 Å². The van der Waals surface area contributed by atoms with Crippen molar-refractivity contribution in [3.05, 3.63) is 66.9 Å². The fraction of sp³-hybridized carbons (Fsp3) is 0.0667. The molecule has 0 unspecified atom stereocenters. The molecule has 18 heavy (non-hydrogen) atoms. The van der Waals surface area contributed by atoms with E-state index < -0.39 is 0 Å². The van der Waals surface area contributed by atoms with Crippen LogP contribution in [0.25, 0.3) is 10.9 Å². The summed E-state index contributed by atoms with van der Waals surface area (Å²) in [7, 11) is 0. The maximum atomic E-state index is 5.67. The monoisotopic (exact) mass is 238 g/mol. The van der Waals surface area contributed by atoms with Crippen molar-refractivity contribution in [1.82, 2.24) is 4.73 Å². The number of para-hydroxylation sites is 2. The predicted molar refractivity (Wildman–Crippen MR) is 73.4 cm³/mol. The Morgan fingerprint density at radius 3 is 2.56 bits per heavy atom. The standard InChI is InChI=1S/C15H14N2O/c1-2-7-14(8-3-1)16-12-18-17-11-10-13-6-4-5-9-15(13)17/h1-11,16H,12H2. The van der Waals surface area contributed by atoms with Crippen LogP contribution >= 0.6 is 0 Å². The molecule has 3 aromatic rings. The Bertz CT molecular complexity index is 631. The van der Waals surface area contributed by atoms with Gasteiger partial charge in [-0.1, -0.05) is 36.4 Å². The van der Waals surface area contributed by atoms with E-state index in [1.54, 1.807) is 4.73 Å². The normalized spacial score (nSPS) is 10.4. The van der Waals surface area contributed by atoms with Gasteiger partial charge in [0.05, 0.1) is 5.52 Å². The summed E-state index contributed by atoms with van der Waals surface area (Å²) in [5.74, 6) is 0. The van der Waals surface area contributed by atoms with E-state index in [-0.39, 0.29) is 0 Å². The van der Waals surface area contributed by atoms with Gasteiger partial charge in [0.15, 0.2) is 6.73 Å². The highest BCUT2D eigenvalue weighted by Crippen LogP contribution is 2.13. The summed E-state index contributed by atoms with van der Waals surface area (Å²) in [5, 5.41) is 4.38. The van der Waals surface area contributed by atoms with Crippen molar-refractivity contribution >= 4 is 16.6 Å². The fourth-order valence-corrected chi connectivity index (χ4v) is 1.91. The summed E-state index contributed by atoms with van der Waals surface area (Å²) >= 11 is 0. The summed E-state index contributed by atoms with van der Waals surface area (Å²) < 4.78 is 1.78. The zero-order valence-corrected chi connectivity index (χ0v) is 9.91. The van der Waals surface area contributed by atoms with Crippen LogP contribution in [0.3, 0.4) is 0 Å². The van der Waals surface area contributed by atoms with Crippen molar-refractivity contribution in [2.24, 2.45) is 0 Å². The SMILES string of the molecule is c1ccc(NCOn2ccc3ccccc32)cc1. The van der Waals surface area contributed by atoms with Crippen LogP contribution in [-0.2, 0) is 0 Å². The van der Waals surface area contributed by atoms with Crippen LogP contribution in [0.1, 0.15) is 0 Å². The average Bonchev–Trinajstić information content (AvgIpc) is 2.84. The highest BCUT2D eigenvalue weighted by Gasteiger charge is 1.99. The third kappa shape index (κ3) is 2.15. The molecule has 3 rings (SSSR count). The molecular weight excluding hydrogens is 224 g/mol. The highest BCUT2D eigenvalue weighted by molar-refractivity contribution is 5.79. The fourth-order valence-electron chi connectivity index (χ4n) is 1.91. The van der Waals surface area contributed by atoms with Gasteiger partial charge >= 0.3 is 0 Å². The van der Waals surface area contributed by atoms with Crippen molar-refractivity contribution in [3.63, 3.8) is 0 Å². The molecule has 1 N–H and O–H groups in total. The number of fused-ring (bicyclic) bond motifs is 1. The molecule has 0 aliphatic heterocycles. The number of rotatable bonds is 4. The van der Waals surface area contributed by atoms with Gasteiger partial charge in [0, 0.05) is 17.3 Å². The van der Waals surface area contributed by atoms with Crippen molar-refractivity contribution in [2.75, 3.05) is 12.0 Å². The Morgan fingerprint density at radius 2 is 1.67 bits per heavy atom. The minimum Gasteiger partial charge on any atom is -0.392 e. The average molecular weight is 238 g/mol. The van der Waals surface area contributed by atoms with Crippen molar-refractivity contribution in [1.29, 1.82) is 0 Å². The van der Waals surface area contributed by atoms with Gasteiger partial charge in [-0.25, -0.2) is 0 Å². The molecular formula is C15H14N2O. The summed E-state index contributed by atoms with van der Waals surface area (Å²) in [6.45, 7) is 0.433. The van der Waals surface area contributed by atoms with Crippen LogP contribution in [0.4, 0.5) is 5.69 Å². The Balaban J connectivity index is 1.67. The van der Waals surface area contributed by atoms with E-state index in [1.165, 1.54) is 5.39 Å². The largest absolute Gasteiger partial charge is 0.392 e. The molecule has 0 aliphatic carbocycles. The molecule has 0 fully saturated rings. The van der Waals surface area contributed by atoms with Crippen LogP contribution in [0, 0.1) is 0 Å². The lowest BCUT2D eigenvalue weighted by Crippen LogP contribution is -2.17. The molecule has 1 aromatic heterocycles. The van der Waals surface area contributed by atoms with E-state index >= 15 is 0 Å². The quantitative estimate of drug-likeness (QED) is 0.707. The summed E-state index contributed by atoms with van der Waals surface area (Å²) in [4.78, 5) is 5.67. The molecule has 2 aromatic carbocycles. The molecule has 1 heterocycles. The number of anilines is 1. The number of hydrogen-bond acceptors (Lipinski definition) is 2. The van der Waals surface area contributed by atoms with E-state index in [0.29, 0.717) is 6.73 Å². The topological polar surface area (TPSA) is 26.2 Å². The van der Waals surface area contributed by atoms with Crippen LogP contribution in [0.5, 0.6) is 0 Å².